The number of ether oxygens (including phenoxy) is 2. The van der Waals surface area contributed by atoms with Crippen molar-refractivity contribution < 1.29 is 37.3 Å². The fraction of sp³-hybridized carbons (Fsp3) is 0.824. The molecule has 0 aromatic heterocycles. The minimum Gasteiger partial charge on any atom is -0.423 e. The fourth-order valence-electron chi connectivity index (χ4n) is 6.97. The summed E-state index contributed by atoms with van der Waals surface area (Å²) in [7, 11) is -5.91. The molecule has 10 heteroatoms. The van der Waals surface area contributed by atoms with Gasteiger partial charge in [0.25, 0.3) is 5.85 Å². The van der Waals surface area contributed by atoms with Gasteiger partial charge in [0, 0.05) is 13.3 Å². The third-order valence-electron chi connectivity index (χ3n) is 9.50. The molecule has 0 heterocycles. The van der Waals surface area contributed by atoms with Gasteiger partial charge in [-0.25, -0.2) is 4.57 Å². The Bertz CT molecular complexity index is 1080. The number of hydrogen-bond donors (Lipinski definition) is 1. The first-order chi connectivity index (χ1) is 20.9. The minimum absolute atomic E-state index is 0.00208. The Hall–Kier alpha value is -1.01. The Labute approximate surface area is 266 Å². The third kappa shape index (κ3) is 11.4. The van der Waals surface area contributed by atoms with Gasteiger partial charge in [0.1, 0.15) is 5.75 Å². The zero-order valence-electron chi connectivity index (χ0n) is 27.7. The SMILES string of the molecule is CC1CCCCC(OC(C)[P+](=O)Oc2ccc(OP(=O)(OC3CCCCC(C)(O)C3)C(C)OC3CCCCC(C)C3)cc2)C1. The van der Waals surface area contributed by atoms with Crippen LogP contribution in [0.2, 0.25) is 0 Å². The highest BCUT2D eigenvalue weighted by Crippen LogP contribution is 2.56. The second-order valence-electron chi connectivity index (χ2n) is 14.1. The van der Waals surface area contributed by atoms with Crippen LogP contribution in [-0.4, -0.2) is 40.7 Å². The molecule has 3 aliphatic carbocycles. The maximum absolute atomic E-state index is 14.6. The van der Waals surface area contributed by atoms with Crippen LogP contribution in [0.4, 0.5) is 0 Å². The molecule has 250 valence electrons. The summed E-state index contributed by atoms with van der Waals surface area (Å²) >= 11 is 0. The predicted molar refractivity (Wildman–Crippen MR) is 175 cm³/mol. The summed E-state index contributed by atoms with van der Waals surface area (Å²) in [6.07, 6.45) is 14.2. The van der Waals surface area contributed by atoms with E-state index in [1.165, 1.54) is 25.7 Å². The molecule has 0 radical (unpaired) electrons. The van der Waals surface area contributed by atoms with E-state index in [0.29, 0.717) is 42.6 Å². The molecule has 4 rings (SSSR count). The van der Waals surface area contributed by atoms with Gasteiger partial charge in [-0.05, 0) is 93.0 Å². The summed E-state index contributed by atoms with van der Waals surface area (Å²) in [5.41, 5.74) is -0.877. The van der Waals surface area contributed by atoms with Crippen LogP contribution < -0.4 is 9.05 Å². The topological polar surface area (TPSA) is 101 Å². The highest BCUT2D eigenvalue weighted by atomic mass is 31.2. The lowest BCUT2D eigenvalue weighted by atomic mass is 9.96. The van der Waals surface area contributed by atoms with Crippen LogP contribution in [-0.2, 0) is 23.1 Å². The van der Waals surface area contributed by atoms with E-state index in [0.717, 1.165) is 51.4 Å². The summed E-state index contributed by atoms with van der Waals surface area (Å²) in [5, 5.41) is 10.8. The molecule has 3 saturated carbocycles. The maximum atomic E-state index is 14.6. The Morgan fingerprint density at radius 1 is 0.818 bits per heavy atom. The van der Waals surface area contributed by atoms with Crippen LogP contribution in [0.25, 0.3) is 0 Å². The van der Waals surface area contributed by atoms with Gasteiger partial charge in [-0.1, -0.05) is 65.2 Å². The Morgan fingerprint density at radius 2 is 1.34 bits per heavy atom. The molecule has 44 heavy (non-hydrogen) atoms. The van der Waals surface area contributed by atoms with Crippen LogP contribution in [0.3, 0.4) is 0 Å². The summed E-state index contributed by atoms with van der Waals surface area (Å²) in [6.45, 7) is 9.90. The Balaban J connectivity index is 1.42. The molecule has 3 fully saturated rings. The van der Waals surface area contributed by atoms with Gasteiger partial charge >= 0.3 is 15.6 Å². The largest absolute Gasteiger partial charge is 0.588 e. The molecule has 10 atom stereocenters. The van der Waals surface area contributed by atoms with Gasteiger partial charge in [0.2, 0.25) is 0 Å². The highest BCUT2D eigenvalue weighted by Gasteiger charge is 2.42. The molecule has 0 aliphatic heterocycles. The van der Waals surface area contributed by atoms with Crippen molar-refractivity contribution in [2.24, 2.45) is 11.8 Å². The molecule has 3 aliphatic rings. The number of benzene rings is 1. The Morgan fingerprint density at radius 3 is 1.98 bits per heavy atom. The molecular weight excluding hydrogens is 598 g/mol. The number of aliphatic hydroxyl groups is 1. The lowest BCUT2D eigenvalue weighted by Gasteiger charge is -2.32. The summed E-state index contributed by atoms with van der Waals surface area (Å²) in [5.74, 6) is 0.650. The van der Waals surface area contributed by atoms with Crippen LogP contribution in [0.5, 0.6) is 11.5 Å². The average Bonchev–Trinajstić information content (AvgIpc) is 3.37. The lowest BCUT2D eigenvalue weighted by Crippen LogP contribution is -2.31. The van der Waals surface area contributed by atoms with Gasteiger partial charge in [0.05, 0.1) is 23.9 Å². The van der Waals surface area contributed by atoms with Crippen molar-refractivity contribution in [1.29, 1.82) is 0 Å². The first kappa shape index (κ1) is 35.8. The number of rotatable bonds is 12. The van der Waals surface area contributed by atoms with Crippen molar-refractivity contribution >= 4 is 15.6 Å². The van der Waals surface area contributed by atoms with Crippen molar-refractivity contribution in [2.75, 3.05) is 0 Å². The van der Waals surface area contributed by atoms with Crippen molar-refractivity contribution in [2.45, 2.75) is 167 Å². The summed E-state index contributed by atoms with van der Waals surface area (Å²) in [4.78, 5) is 0. The smallest absolute Gasteiger partial charge is 0.423 e. The van der Waals surface area contributed by atoms with E-state index < -0.39 is 39.0 Å². The normalized spacial score (nSPS) is 33.5. The van der Waals surface area contributed by atoms with Crippen molar-refractivity contribution in [3.8, 4) is 11.5 Å². The van der Waals surface area contributed by atoms with Gasteiger partial charge in [-0.15, -0.1) is 0 Å². The molecule has 1 aromatic rings. The van der Waals surface area contributed by atoms with E-state index in [4.69, 9.17) is 23.0 Å². The zero-order chi connectivity index (χ0) is 31.7. The first-order valence-corrected chi connectivity index (χ1v) is 20.0. The molecule has 0 spiro atoms. The van der Waals surface area contributed by atoms with E-state index in [-0.39, 0.29) is 12.2 Å². The maximum Gasteiger partial charge on any atom is 0.588 e. The van der Waals surface area contributed by atoms with Crippen molar-refractivity contribution in [1.82, 2.24) is 0 Å². The molecule has 1 N–H and O–H groups in total. The quantitative estimate of drug-likeness (QED) is 0.175. The predicted octanol–water partition coefficient (Wildman–Crippen LogP) is 10.1. The van der Waals surface area contributed by atoms with E-state index in [9.17, 15) is 14.2 Å². The third-order valence-corrected chi connectivity index (χ3v) is 12.7. The second kappa shape index (κ2) is 16.7. The van der Waals surface area contributed by atoms with E-state index >= 15 is 0 Å². The van der Waals surface area contributed by atoms with Crippen LogP contribution in [0.15, 0.2) is 24.3 Å². The van der Waals surface area contributed by atoms with E-state index in [2.05, 4.69) is 13.8 Å². The molecule has 0 amide bonds. The fourth-order valence-corrected chi connectivity index (χ4v) is 9.41. The van der Waals surface area contributed by atoms with Gasteiger partial charge < -0.3 is 19.1 Å². The van der Waals surface area contributed by atoms with Gasteiger partial charge in [-0.2, -0.15) is 0 Å². The molecule has 1 aromatic carbocycles. The van der Waals surface area contributed by atoms with E-state index in [1.807, 2.05) is 6.92 Å². The van der Waals surface area contributed by atoms with Crippen LogP contribution >= 0.6 is 15.6 Å². The highest BCUT2D eigenvalue weighted by molar-refractivity contribution is 7.54. The van der Waals surface area contributed by atoms with E-state index in [1.54, 1.807) is 38.1 Å². The molecular formula is C34H57O8P2+. The summed E-state index contributed by atoms with van der Waals surface area (Å²) < 4.78 is 58.4. The standard InChI is InChI=1S/C34H57O8P2/c1-25-12-6-8-14-31(22-25)38-27(3)43(36)40-29-17-19-30(20-18-29)41-44(37,42-33-16-10-11-21-34(5,35)24-33)28(4)39-32-15-9-7-13-26(2)23-32/h17-20,25-28,31-33,35H,6-16,21-24H2,1-5H3/q+1. The van der Waals surface area contributed by atoms with Gasteiger partial charge in [0.15, 0.2) is 11.6 Å². The zero-order valence-corrected chi connectivity index (χ0v) is 29.4. The minimum atomic E-state index is -3.82. The van der Waals surface area contributed by atoms with Crippen LogP contribution in [0, 0.1) is 11.8 Å². The second-order valence-corrected chi connectivity index (χ2v) is 17.8. The monoisotopic (exact) mass is 655 g/mol. The first-order valence-electron chi connectivity index (χ1n) is 17.2. The molecule has 0 bridgehead atoms. The Kier molecular flexibility index (Phi) is 13.6. The van der Waals surface area contributed by atoms with Crippen LogP contribution in [0.1, 0.15) is 131 Å². The van der Waals surface area contributed by atoms with Crippen molar-refractivity contribution in [3.63, 3.8) is 0 Å². The van der Waals surface area contributed by atoms with Gasteiger partial charge in [-0.3, -0.25) is 9.05 Å². The average molecular weight is 656 g/mol. The number of hydrogen-bond acceptors (Lipinski definition) is 8. The molecule has 8 nitrogen and oxygen atoms in total. The molecule has 10 unspecified atom stereocenters. The molecule has 0 saturated heterocycles. The van der Waals surface area contributed by atoms with Crippen molar-refractivity contribution in [3.05, 3.63) is 24.3 Å². The lowest BCUT2D eigenvalue weighted by molar-refractivity contribution is -0.00972. The summed E-state index contributed by atoms with van der Waals surface area (Å²) in [6, 6.07) is 6.66.